The predicted molar refractivity (Wildman–Crippen MR) is 82.9 cm³/mol. The van der Waals surface area contributed by atoms with Crippen molar-refractivity contribution in [3.05, 3.63) is 82.9 Å². The molecule has 0 radical (unpaired) electrons. The number of halogens is 2. The van der Waals surface area contributed by atoms with Crippen LogP contribution in [-0.2, 0) is 0 Å². The molecule has 0 aromatic heterocycles. The van der Waals surface area contributed by atoms with E-state index in [0.717, 1.165) is 16.1 Å². The Bertz CT molecular complexity index is 502. The second-order valence-electron chi connectivity index (χ2n) is 3.46. The Morgan fingerprint density at radius 1 is 0.889 bits per heavy atom. The first-order chi connectivity index (χ1) is 8.76. The highest BCUT2D eigenvalue weighted by atomic mass is 35.5. The van der Waals surface area contributed by atoms with Crippen LogP contribution < -0.4 is 0 Å². The fourth-order valence-corrected chi connectivity index (χ4v) is 1.61. The molecule has 2 aromatic carbocycles. The predicted octanol–water partition coefficient (Wildman–Crippen LogP) is 5.88. The summed E-state index contributed by atoms with van der Waals surface area (Å²) in [6.07, 6.45) is 3.62. The number of rotatable bonds is 2. The van der Waals surface area contributed by atoms with Crippen molar-refractivity contribution in [3.8, 4) is 0 Å². The summed E-state index contributed by atoms with van der Waals surface area (Å²) in [5.41, 5.74) is 3.70. The highest BCUT2D eigenvalue weighted by Crippen LogP contribution is 2.10. The molecule has 0 fully saturated rings. The lowest BCUT2D eigenvalue weighted by Gasteiger charge is -1.90. The van der Waals surface area contributed by atoms with Gasteiger partial charge in [0.25, 0.3) is 0 Å². The van der Waals surface area contributed by atoms with Gasteiger partial charge in [-0.25, -0.2) is 0 Å². The molecule has 0 aliphatic carbocycles. The average Bonchev–Trinajstić information content (AvgIpc) is 2.41. The molecule has 0 amide bonds. The summed E-state index contributed by atoms with van der Waals surface area (Å²) in [6.45, 7) is 3.61. The van der Waals surface area contributed by atoms with E-state index in [1.165, 1.54) is 5.54 Å². The van der Waals surface area contributed by atoms with Crippen LogP contribution >= 0.6 is 23.2 Å². The summed E-state index contributed by atoms with van der Waals surface area (Å²) in [5.74, 6) is 0. The maximum atomic E-state index is 5.68. The maximum absolute atomic E-state index is 5.68. The van der Waals surface area contributed by atoms with E-state index in [4.69, 9.17) is 23.2 Å². The van der Waals surface area contributed by atoms with Crippen LogP contribution in [0.2, 0.25) is 5.02 Å². The molecule has 92 valence electrons. The lowest BCUT2D eigenvalue weighted by Crippen LogP contribution is -1.67. The fraction of sp³-hybridized carbons (Fsp3) is 0. The van der Waals surface area contributed by atoms with Crippen LogP contribution in [0.15, 0.2) is 66.7 Å². The standard InChI is InChI=1S/2C8H7Cl/c1-2-7-4-3-5-8(9)6-7;9-7-6-8-4-2-1-3-5-8/h2-6H,1H2;1-7H. The lowest BCUT2D eigenvalue weighted by atomic mass is 10.2. The van der Waals surface area contributed by atoms with Crippen LogP contribution in [0.5, 0.6) is 0 Å². The Morgan fingerprint density at radius 3 is 2.06 bits per heavy atom. The molecule has 2 aromatic rings. The van der Waals surface area contributed by atoms with Gasteiger partial charge >= 0.3 is 0 Å². The summed E-state index contributed by atoms with van der Waals surface area (Å²) in [6, 6.07) is 17.5. The largest absolute Gasteiger partial charge is 0.0985 e. The molecule has 0 saturated heterocycles. The summed E-state index contributed by atoms with van der Waals surface area (Å²) >= 11 is 11.0. The van der Waals surface area contributed by atoms with E-state index in [0.29, 0.717) is 0 Å². The molecule has 0 bridgehead atoms. The van der Waals surface area contributed by atoms with Crippen molar-refractivity contribution in [1.29, 1.82) is 0 Å². The van der Waals surface area contributed by atoms with Crippen molar-refractivity contribution in [2.24, 2.45) is 0 Å². The van der Waals surface area contributed by atoms with Crippen molar-refractivity contribution in [1.82, 2.24) is 0 Å². The molecule has 2 heteroatoms. The third-order valence-electron chi connectivity index (χ3n) is 2.14. The fourth-order valence-electron chi connectivity index (χ4n) is 1.27. The van der Waals surface area contributed by atoms with Gasteiger partial charge in [-0.05, 0) is 29.3 Å². The average molecular weight is 277 g/mol. The number of benzene rings is 2. The van der Waals surface area contributed by atoms with E-state index in [-0.39, 0.29) is 0 Å². The van der Waals surface area contributed by atoms with Crippen molar-refractivity contribution < 1.29 is 0 Å². The minimum Gasteiger partial charge on any atom is -0.0985 e. The second-order valence-corrected chi connectivity index (χ2v) is 4.15. The van der Waals surface area contributed by atoms with Crippen molar-refractivity contribution in [2.75, 3.05) is 0 Å². The van der Waals surface area contributed by atoms with Gasteiger partial charge in [-0.15, -0.1) is 0 Å². The first kappa shape index (κ1) is 14.6. The van der Waals surface area contributed by atoms with Crippen molar-refractivity contribution >= 4 is 35.4 Å². The van der Waals surface area contributed by atoms with Gasteiger partial charge in [0.05, 0.1) is 0 Å². The highest BCUT2D eigenvalue weighted by Gasteiger charge is 1.85. The van der Waals surface area contributed by atoms with Crippen molar-refractivity contribution in [3.63, 3.8) is 0 Å². The van der Waals surface area contributed by atoms with E-state index < -0.39 is 0 Å². The van der Waals surface area contributed by atoms with Crippen LogP contribution in [0, 0.1) is 0 Å². The Kier molecular flexibility index (Phi) is 6.93. The molecule has 0 heterocycles. The SMILES string of the molecule is C=Cc1cccc(Cl)c1.ClC=Cc1ccccc1. The molecular weight excluding hydrogens is 263 g/mol. The quantitative estimate of drug-likeness (QED) is 0.643. The minimum absolute atomic E-state index is 0.757. The Morgan fingerprint density at radius 2 is 1.56 bits per heavy atom. The van der Waals surface area contributed by atoms with Gasteiger partial charge < -0.3 is 0 Å². The third-order valence-corrected chi connectivity index (χ3v) is 2.50. The zero-order chi connectivity index (χ0) is 13.2. The van der Waals surface area contributed by atoms with Gasteiger partial charge in [0, 0.05) is 10.6 Å². The van der Waals surface area contributed by atoms with Crippen LogP contribution in [0.3, 0.4) is 0 Å². The molecule has 0 spiro atoms. The van der Waals surface area contributed by atoms with Crippen molar-refractivity contribution in [2.45, 2.75) is 0 Å². The van der Waals surface area contributed by atoms with Crippen LogP contribution in [-0.4, -0.2) is 0 Å². The molecule has 0 unspecified atom stereocenters. The highest BCUT2D eigenvalue weighted by molar-refractivity contribution is 6.30. The van der Waals surface area contributed by atoms with Crippen LogP contribution in [0.1, 0.15) is 11.1 Å². The van der Waals surface area contributed by atoms with Gasteiger partial charge in [-0.1, -0.05) is 78.3 Å². The summed E-state index contributed by atoms with van der Waals surface area (Å²) in [5, 5.41) is 0.757. The topological polar surface area (TPSA) is 0 Å². The van der Waals surface area contributed by atoms with E-state index in [1.54, 1.807) is 6.08 Å². The van der Waals surface area contributed by atoms with Crippen LogP contribution in [0.4, 0.5) is 0 Å². The van der Waals surface area contributed by atoms with Crippen LogP contribution in [0.25, 0.3) is 12.2 Å². The van der Waals surface area contributed by atoms with E-state index in [9.17, 15) is 0 Å². The Hall–Kier alpha value is -1.50. The first-order valence-corrected chi connectivity index (χ1v) is 6.27. The molecule has 0 aliphatic heterocycles. The monoisotopic (exact) mass is 276 g/mol. The zero-order valence-corrected chi connectivity index (χ0v) is 11.4. The third kappa shape index (κ3) is 5.72. The Labute approximate surface area is 118 Å². The lowest BCUT2D eigenvalue weighted by molar-refractivity contribution is 1.66. The molecule has 0 N–H and O–H groups in total. The number of hydrogen-bond donors (Lipinski definition) is 0. The van der Waals surface area contributed by atoms with E-state index >= 15 is 0 Å². The summed E-state index contributed by atoms with van der Waals surface area (Å²) < 4.78 is 0. The molecule has 2 rings (SSSR count). The minimum atomic E-state index is 0.757. The number of hydrogen-bond acceptors (Lipinski definition) is 0. The normalized spacial score (nSPS) is 9.67. The summed E-state index contributed by atoms with van der Waals surface area (Å²) in [4.78, 5) is 0. The smallest absolute Gasteiger partial charge is 0.0411 e. The Balaban J connectivity index is 0.000000180. The van der Waals surface area contributed by atoms with Gasteiger partial charge in [0.2, 0.25) is 0 Å². The zero-order valence-electron chi connectivity index (χ0n) is 9.89. The summed E-state index contributed by atoms with van der Waals surface area (Å²) in [7, 11) is 0. The van der Waals surface area contributed by atoms with E-state index in [1.807, 2.05) is 60.7 Å². The van der Waals surface area contributed by atoms with Gasteiger partial charge in [0.15, 0.2) is 0 Å². The first-order valence-electron chi connectivity index (χ1n) is 5.46. The molecule has 0 aliphatic rings. The van der Waals surface area contributed by atoms with Gasteiger partial charge in [0.1, 0.15) is 0 Å². The molecule has 0 nitrogen and oxygen atoms in total. The maximum Gasteiger partial charge on any atom is 0.0411 e. The second kappa shape index (κ2) is 8.57. The molecule has 0 saturated carbocycles. The van der Waals surface area contributed by atoms with Gasteiger partial charge in [-0.3, -0.25) is 0 Å². The molecule has 0 atom stereocenters. The molecular formula is C16H14Cl2. The van der Waals surface area contributed by atoms with Gasteiger partial charge in [-0.2, -0.15) is 0 Å². The van der Waals surface area contributed by atoms with E-state index in [2.05, 4.69) is 6.58 Å². The molecule has 18 heavy (non-hydrogen) atoms.